The highest BCUT2D eigenvalue weighted by Crippen LogP contribution is 2.22. The number of rotatable bonds is 37. The molecule has 0 spiro atoms. The van der Waals surface area contributed by atoms with E-state index in [9.17, 15) is 30.3 Å². The Bertz CT molecular complexity index is 899. The maximum Gasteiger partial charge on any atom is 0.220 e. The van der Waals surface area contributed by atoms with Crippen LogP contribution in [0.2, 0.25) is 0 Å². The third kappa shape index (κ3) is 26.5. The quantitative estimate of drug-likeness (QED) is 0.0271. The predicted octanol–water partition coefficient (Wildman–Crippen LogP) is 9.11. The molecule has 6 N–H and O–H groups in total. The first-order valence-corrected chi connectivity index (χ1v) is 22.6. The molecule has 0 aromatic heterocycles. The third-order valence-corrected chi connectivity index (χ3v) is 10.8. The molecule has 0 bridgehead atoms. The van der Waals surface area contributed by atoms with Crippen LogP contribution in [-0.2, 0) is 14.3 Å². The van der Waals surface area contributed by atoms with Crippen molar-refractivity contribution in [3.05, 3.63) is 24.3 Å². The van der Waals surface area contributed by atoms with Gasteiger partial charge >= 0.3 is 0 Å². The number of carbonyl (C=O) groups excluding carboxylic acids is 1. The van der Waals surface area contributed by atoms with Gasteiger partial charge in [0.05, 0.1) is 25.4 Å². The largest absolute Gasteiger partial charge is 0.394 e. The van der Waals surface area contributed by atoms with Crippen LogP contribution in [-0.4, -0.2) is 87.5 Å². The Kier molecular flexibility index (Phi) is 33.8. The van der Waals surface area contributed by atoms with E-state index in [4.69, 9.17) is 9.47 Å². The van der Waals surface area contributed by atoms with E-state index in [0.717, 1.165) is 32.1 Å². The van der Waals surface area contributed by atoms with Crippen molar-refractivity contribution >= 4 is 5.91 Å². The summed E-state index contributed by atoms with van der Waals surface area (Å²) in [6.07, 6.45) is 35.3. The molecule has 2 unspecified atom stereocenters. The SMILES string of the molecule is CCCCCCCC/C=C/C=C/[C@@H](O)[C@H](CO[C@H]1O[C@@H](CO)[C@H](O)C(O)C1O)NC(=O)CCCCCCCCCCCCCCCCCCCCCCC. The maximum absolute atomic E-state index is 12.9. The first-order valence-electron chi connectivity index (χ1n) is 22.6. The Morgan fingerprint density at radius 3 is 1.54 bits per heavy atom. The fraction of sp³-hybridized carbons (Fsp3) is 0.889. The van der Waals surface area contributed by atoms with Crippen molar-refractivity contribution in [1.29, 1.82) is 0 Å². The van der Waals surface area contributed by atoms with Crippen molar-refractivity contribution in [2.45, 2.75) is 243 Å². The molecule has 1 saturated heterocycles. The lowest BCUT2D eigenvalue weighted by atomic mass is 9.99. The normalized spacial score (nSPS) is 21.6. The van der Waals surface area contributed by atoms with E-state index in [0.29, 0.717) is 6.42 Å². The average Bonchev–Trinajstić information content (AvgIpc) is 3.17. The number of aliphatic hydroxyl groups is 5. The molecule has 1 rings (SSSR count). The van der Waals surface area contributed by atoms with E-state index in [1.165, 1.54) is 148 Å². The predicted molar refractivity (Wildman–Crippen MR) is 221 cm³/mol. The molecule has 1 amide bonds. The molecule has 0 radical (unpaired) electrons. The van der Waals surface area contributed by atoms with Gasteiger partial charge < -0.3 is 40.3 Å². The summed E-state index contributed by atoms with van der Waals surface area (Å²) in [5.41, 5.74) is 0. The molecule has 54 heavy (non-hydrogen) atoms. The van der Waals surface area contributed by atoms with Gasteiger partial charge in [0.15, 0.2) is 6.29 Å². The van der Waals surface area contributed by atoms with Crippen LogP contribution >= 0.6 is 0 Å². The molecule has 9 heteroatoms. The van der Waals surface area contributed by atoms with Crippen molar-refractivity contribution in [1.82, 2.24) is 5.32 Å². The second kappa shape index (κ2) is 36.0. The zero-order chi connectivity index (χ0) is 39.5. The van der Waals surface area contributed by atoms with Gasteiger partial charge in [-0.25, -0.2) is 0 Å². The molecule has 0 saturated carbocycles. The van der Waals surface area contributed by atoms with Crippen LogP contribution in [0.1, 0.15) is 200 Å². The summed E-state index contributed by atoms with van der Waals surface area (Å²) in [5.74, 6) is -0.193. The van der Waals surface area contributed by atoms with Gasteiger partial charge in [-0.05, 0) is 19.3 Å². The molecule has 0 aromatic carbocycles. The van der Waals surface area contributed by atoms with Gasteiger partial charge in [0.25, 0.3) is 0 Å². The number of allylic oxidation sites excluding steroid dienone is 3. The van der Waals surface area contributed by atoms with Crippen LogP contribution in [0.25, 0.3) is 0 Å². The highest BCUT2D eigenvalue weighted by Gasteiger charge is 2.44. The number of amides is 1. The summed E-state index contributed by atoms with van der Waals surface area (Å²) >= 11 is 0. The molecule has 0 aliphatic carbocycles. The van der Waals surface area contributed by atoms with Crippen molar-refractivity contribution in [2.75, 3.05) is 13.2 Å². The lowest BCUT2D eigenvalue weighted by Crippen LogP contribution is -2.60. The average molecular weight is 768 g/mol. The zero-order valence-corrected chi connectivity index (χ0v) is 34.7. The topological polar surface area (TPSA) is 149 Å². The van der Waals surface area contributed by atoms with E-state index in [-0.39, 0.29) is 12.5 Å². The molecule has 1 fully saturated rings. The molecule has 1 aliphatic heterocycles. The number of hydrogen-bond donors (Lipinski definition) is 6. The molecule has 318 valence electrons. The van der Waals surface area contributed by atoms with E-state index in [2.05, 4.69) is 25.2 Å². The number of aliphatic hydroxyl groups excluding tert-OH is 5. The van der Waals surface area contributed by atoms with Crippen LogP contribution in [0.15, 0.2) is 24.3 Å². The lowest BCUT2D eigenvalue weighted by molar-refractivity contribution is -0.302. The standard InChI is InChI=1S/C45H85NO8/c1-3-5-7-9-11-13-15-16-17-18-19-20-21-22-23-24-25-27-29-31-33-35-41(49)46-38(37-53-45-44(52)43(51)42(50)40(36-47)54-45)39(48)34-32-30-28-26-14-12-10-8-6-4-2/h28,30,32,34,38-40,42-45,47-48,50-52H,3-27,29,31,33,35-37H2,1-2H3,(H,46,49)/b30-28+,34-32+/t38-,39+,40-,42-,43?,44?,45-/m0/s1. The number of unbranched alkanes of at least 4 members (excludes halogenated alkanes) is 26. The third-order valence-electron chi connectivity index (χ3n) is 10.8. The molecule has 9 nitrogen and oxygen atoms in total. The Labute approximate surface area is 330 Å². The second-order valence-electron chi connectivity index (χ2n) is 15.9. The van der Waals surface area contributed by atoms with Crippen molar-refractivity contribution < 1.29 is 39.8 Å². The minimum absolute atomic E-state index is 0.193. The van der Waals surface area contributed by atoms with E-state index >= 15 is 0 Å². The van der Waals surface area contributed by atoms with Crippen LogP contribution in [0.4, 0.5) is 0 Å². The first-order chi connectivity index (χ1) is 26.3. The number of nitrogens with one attached hydrogen (secondary N) is 1. The van der Waals surface area contributed by atoms with Crippen molar-refractivity contribution in [3.8, 4) is 0 Å². The van der Waals surface area contributed by atoms with Gasteiger partial charge in [-0.2, -0.15) is 0 Å². The number of ether oxygens (including phenoxy) is 2. The molecule has 0 aromatic rings. The van der Waals surface area contributed by atoms with Gasteiger partial charge in [0.2, 0.25) is 5.91 Å². The summed E-state index contributed by atoms with van der Waals surface area (Å²) in [6.45, 7) is 3.72. The number of carbonyl (C=O) groups is 1. The summed E-state index contributed by atoms with van der Waals surface area (Å²) < 4.78 is 11.2. The monoisotopic (exact) mass is 768 g/mol. The Balaban J connectivity index is 2.29. The lowest BCUT2D eigenvalue weighted by Gasteiger charge is -2.40. The van der Waals surface area contributed by atoms with Gasteiger partial charge in [-0.3, -0.25) is 4.79 Å². The van der Waals surface area contributed by atoms with E-state index in [1.54, 1.807) is 12.2 Å². The van der Waals surface area contributed by atoms with Gasteiger partial charge in [0.1, 0.15) is 24.4 Å². The van der Waals surface area contributed by atoms with Crippen molar-refractivity contribution in [2.24, 2.45) is 0 Å². The minimum Gasteiger partial charge on any atom is -0.394 e. The molecule has 1 aliphatic rings. The van der Waals surface area contributed by atoms with Crippen molar-refractivity contribution in [3.63, 3.8) is 0 Å². The Hall–Kier alpha value is -1.33. The molecule has 7 atom stereocenters. The van der Waals surface area contributed by atoms with Gasteiger partial charge in [-0.15, -0.1) is 0 Å². The van der Waals surface area contributed by atoms with Gasteiger partial charge in [0, 0.05) is 6.42 Å². The fourth-order valence-electron chi connectivity index (χ4n) is 7.16. The summed E-state index contributed by atoms with van der Waals surface area (Å²) in [4.78, 5) is 12.9. The zero-order valence-electron chi connectivity index (χ0n) is 34.7. The Morgan fingerprint density at radius 2 is 1.07 bits per heavy atom. The van der Waals surface area contributed by atoms with Gasteiger partial charge in [-0.1, -0.05) is 199 Å². The van der Waals surface area contributed by atoms with E-state index in [1.807, 2.05) is 6.08 Å². The summed E-state index contributed by atoms with van der Waals surface area (Å²) in [5, 5.41) is 53.9. The maximum atomic E-state index is 12.9. The molecular formula is C45H85NO8. The van der Waals surface area contributed by atoms with Crippen LogP contribution in [0.3, 0.4) is 0 Å². The molecular weight excluding hydrogens is 682 g/mol. The second-order valence-corrected chi connectivity index (χ2v) is 15.9. The van der Waals surface area contributed by atoms with Crippen LogP contribution in [0, 0.1) is 0 Å². The fourth-order valence-corrected chi connectivity index (χ4v) is 7.16. The smallest absolute Gasteiger partial charge is 0.220 e. The molecule has 1 heterocycles. The van der Waals surface area contributed by atoms with E-state index < -0.39 is 49.5 Å². The highest BCUT2D eigenvalue weighted by atomic mass is 16.7. The summed E-state index contributed by atoms with van der Waals surface area (Å²) in [7, 11) is 0. The van der Waals surface area contributed by atoms with Crippen LogP contribution < -0.4 is 5.32 Å². The minimum atomic E-state index is -1.57. The highest BCUT2D eigenvalue weighted by molar-refractivity contribution is 5.76. The van der Waals surface area contributed by atoms with Crippen LogP contribution in [0.5, 0.6) is 0 Å². The number of hydrogen-bond acceptors (Lipinski definition) is 8. The summed E-state index contributed by atoms with van der Waals surface area (Å²) in [6, 6.07) is -0.831. The first kappa shape index (κ1) is 50.7. The Morgan fingerprint density at radius 1 is 0.630 bits per heavy atom.